The van der Waals surface area contributed by atoms with Gasteiger partial charge in [-0.25, -0.2) is 4.79 Å². The fourth-order valence-electron chi connectivity index (χ4n) is 2.23. The van der Waals surface area contributed by atoms with Gasteiger partial charge in [0.05, 0.1) is 12.6 Å². The molecule has 0 aromatic carbocycles. The van der Waals surface area contributed by atoms with Crippen LogP contribution in [-0.2, 0) is 14.2 Å². The van der Waals surface area contributed by atoms with Gasteiger partial charge in [-0.1, -0.05) is 12.2 Å². The van der Waals surface area contributed by atoms with E-state index in [4.69, 9.17) is 14.2 Å². The predicted molar refractivity (Wildman–Crippen MR) is 70.8 cm³/mol. The fraction of sp³-hybridized carbons (Fsp3) is 0.786. The Morgan fingerprint density at radius 3 is 2.74 bits per heavy atom. The van der Waals surface area contributed by atoms with Crippen molar-refractivity contribution in [2.24, 2.45) is 0 Å². The van der Waals surface area contributed by atoms with E-state index in [1.165, 1.54) is 0 Å². The quantitative estimate of drug-likeness (QED) is 0.633. The van der Waals surface area contributed by atoms with E-state index in [0.717, 1.165) is 0 Å². The molecule has 0 radical (unpaired) electrons. The molecule has 0 aliphatic carbocycles. The molecule has 2 heterocycles. The van der Waals surface area contributed by atoms with Gasteiger partial charge in [-0.2, -0.15) is 0 Å². The SMILES string of the molecule is CC(C)(C)OC(=O)N1CC=C[C@@H]2OC(C)(C)OC[C@@H]21. The zero-order valence-electron chi connectivity index (χ0n) is 12.3. The summed E-state index contributed by atoms with van der Waals surface area (Å²) in [5.41, 5.74) is -0.497. The Morgan fingerprint density at radius 2 is 2.11 bits per heavy atom. The van der Waals surface area contributed by atoms with Crippen molar-refractivity contribution in [2.75, 3.05) is 13.2 Å². The second kappa shape index (κ2) is 4.80. The molecule has 1 amide bonds. The fourth-order valence-corrected chi connectivity index (χ4v) is 2.23. The Balaban J connectivity index is 2.08. The number of hydrogen-bond acceptors (Lipinski definition) is 4. The van der Waals surface area contributed by atoms with Crippen LogP contribution in [0.4, 0.5) is 4.79 Å². The molecule has 108 valence electrons. The number of carbonyl (C=O) groups is 1. The maximum Gasteiger partial charge on any atom is 0.411 e. The largest absolute Gasteiger partial charge is 0.444 e. The average molecular weight is 269 g/mol. The van der Waals surface area contributed by atoms with Crippen molar-refractivity contribution in [1.29, 1.82) is 0 Å². The third-order valence-electron chi connectivity index (χ3n) is 3.06. The third kappa shape index (κ3) is 3.48. The first-order chi connectivity index (χ1) is 8.68. The molecule has 0 unspecified atom stereocenters. The van der Waals surface area contributed by atoms with Crippen LogP contribution < -0.4 is 0 Å². The molecule has 0 aromatic heterocycles. The van der Waals surface area contributed by atoms with Gasteiger partial charge in [0, 0.05) is 6.54 Å². The molecule has 5 nitrogen and oxygen atoms in total. The van der Waals surface area contributed by atoms with Crippen LogP contribution in [0.3, 0.4) is 0 Å². The monoisotopic (exact) mass is 269 g/mol. The van der Waals surface area contributed by atoms with Crippen molar-refractivity contribution < 1.29 is 19.0 Å². The van der Waals surface area contributed by atoms with E-state index < -0.39 is 11.4 Å². The highest BCUT2D eigenvalue weighted by molar-refractivity contribution is 5.69. The van der Waals surface area contributed by atoms with Gasteiger partial charge in [-0.15, -0.1) is 0 Å². The Morgan fingerprint density at radius 1 is 1.42 bits per heavy atom. The lowest BCUT2D eigenvalue weighted by molar-refractivity contribution is -0.282. The summed E-state index contributed by atoms with van der Waals surface area (Å²) in [6, 6.07) is -0.118. The summed E-state index contributed by atoms with van der Waals surface area (Å²) in [4.78, 5) is 13.9. The first-order valence-electron chi connectivity index (χ1n) is 6.66. The van der Waals surface area contributed by atoms with Gasteiger partial charge in [0.25, 0.3) is 0 Å². The molecule has 0 N–H and O–H groups in total. The average Bonchev–Trinajstić information content (AvgIpc) is 2.24. The number of ether oxygens (including phenoxy) is 3. The molecule has 1 saturated heterocycles. The van der Waals surface area contributed by atoms with Gasteiger partial charge in [-0.05, 0) is 34.6 Å². The van der Waals surface area contributed by atoms with Crippen molar-refractivity contribution >= 4 is 6.09 Å². The first kappa shape index (κ1) is 14.3. The zero-order valence-corrected chi connectivity index (χ0v) is 12.3. The topological polar surface area (TPSA) is 48.0 Å². The molecule has 2 atom stereocenters. The maximum atomic E-state index is 12.2. The lowest BCUT2D eigenvalue weighted by Crippen LogP contribution is -2.59. The lowest BCUT2D eigenvalue weighted by Gasteiger charge is -2.46. The number of hydrogen-bond donors (Lipinski definition) is 0. The second-order valence-corrected chi connectivity index (χ2v) is 6.42. The van der Waals surface area contributed by atoms with Crippen LogP contribution in [0.5, 0.6) is 0 Å². The van der Waals surface area contributed by atoms with Crippen LogP contribution >= 0.6 is 0 Å². The summed E-state index contributed by atoms with van der Waals surface area (Å²) in [6.45, 7) is 10.3. The van der Waals surface area contributed by atoms with Crippen molar-refractivity contribution in [3.8, 4) is 0 Å². The molecule has 2 aliphatic heterocycles. The standard InChI is InChI=1S/C14H23NO4/c1-13(2,3)19-12(16)15-8-6-7-11-10(15)9-17-14(4,5)18-11/h6-7,10-11H,8-9H2,1-5H3/t10-,11-/m0/s1. The van der Waals surface area contributed by atoms with Gasteiger partial charge < -0.3 is 14.2 Å². The van der Waals surface area contributed by atoms with Gasteiger partial charge in [0.2, 0.25) is 0 Å². The van der Waals surface area contributed by atoms with Crippen molar-refractivity contribution in [3.05, 3.63) is 12.2 Å². The number of carbonyl (C=O) groups excluding carboxylic acids is 1. The summed E-state index contributed by atoms with van der Waals surface area (Å²) in [5, 5.41) is 0. The first-order valence-corrected chi connectivity index (χ1v) is 6.66. The van der Waals surface area contributed by atoms with E-state index in [1.54, 1.807) is 4.90 Å². The summed E-state index contributed by atoms with van der Waals surface area (Å²) in [7, 11) is 0. The molecular formula is C14H23NO4. The molecule has 1 fully saturated rings. The summed E-state index contributed by atoms with van der Waals surface area (Å²) < 4.78 is 16.9. The summed E-state index contributed by atoms with van der Waals surface area (Å²) >= 11 is 0. The molecule has 5 heteroatoms. The molecule has 0 bridgehead atoms. The van der Waals surface area contributed by atoms with Gasteiger partial charge in [-0.3, -0.25) is 4.90 Å². The lowest BCUT2D eigenvalue weighted by atomic mass is 10.0. The van der Waals surface area contributed by atoms with E-state index in [1.807, 2.05) is 46.8 Å². The molecule has 0 saturated carbocycles. The Labute approximate surface area is 114 Å². The summed E-state index contributed by atoms with van der Waals surface area (Å²) in [6.07, 6.45) is 3.48. The molecule has 0 aromatic rings. The summed E-state index contributed by atoms with van der Waals surface area (Å²) in [5.74, 6) is -0.609. The second-order valence-electron chi connectivity index (χ2n) is 6.42. The zero-order chi connectivity index (χ0) is 14.3. The van der Waals surface area contributed by atoms with Crippen LogP contribution in [0.15, 0.2) is 12.2 Å². The minimum atomic E-state index is -0.609. The van der Waals surface area contributed by atoms with Crippen LogP contribution in [-0.4, -0.2) is 47.7 Å². The highest BCUT2D eigenvalue weighted by Crippen LogP contribution is 2.29. The van der Waals surface area contributed by atoms with Crippen molar-refractivity contribution in [2.45, 2.75) is 58.2 Å². The highest BCUT2D eigenvalue weighted by atomic mass is 16.7. The Hall–Kier alpha value is -1.07. The Kier molecular flexibility index (Phi) is 3.62. The number of amides is 1. The van der Waals surface area contributed by atoms with Crippen molar-refractivity contribution in [3.63, 3.8) is 0 Å². The molecule has 2 rings (SSSR count). The van der Waals surface area contributed by atoms with Crippen LogP contribution in [0.1, 0.15) is 34.6 Å². The molecule has 0 spiro atoms. The Bertz CT molecular complexity index is 383. The van der Waals surface area contributed by atoms with E-state index >= 15 is 0 Å². The van der Waals surface area contributed by atoms with Crippen molar-refractivity contribution in [1.82, 2.24) is 4.90 Å². The van der Waals surface area contributed by atoms with E-state index in [9.17, 15) is 4.79 Å². The number of nitrogens with zero attached hydrogens (tertiary/aromatic N) is 1. The minimum Gasteiger partial charge on any atom is -0.444 e. The van der Waals surface area contributed by atoms with Crippen LogP contribution in [0, 0.1) is 0 Å². The van der Waals surface area contributed by atoms with E-state index in [0.29, 0.717) is 13.2 Å². The number of rotatable bonds is 0. The van der Waals surface area contributed by atoms with Crippen LogP contribution in [0.25, 0.3) is 0 Å². The minimum absolute atomic E-state index is 0.118. The van der Waals surface area contributed by atoms with Gasteiger partial charge >= 0.3 is 6.09 Å². The highest BCUT2D eigenvalue weighted by Gasteiger charge is 2.42. The smallest absolute Gasteiger partial charge is 0.411 e. The maximum absolute atomic E-state index is 12.2. The third-order valence-corrected chi connectivity index (χ3v) is 3.06. The van der Waals surface area contributed by atoms with Gasteiger partial charge in [0.1, 0.15) is 11.7 Å². The van der Waals surface area contributed by atoms with E-state index in [-0.39, 0.29) is 18.2 Å². The number of fused-ring (bicyclic) bond motifs is 1. The van der Waals surface area contributed by atoms with E-state index in [2.05, 4.69) is 0 Å². The predicted octanol–water partition coefficient (Wildman–Crippen LogP) is 2.31. The molecule has 19 heavy (non-hydrogen) atoms. The van der Waals surface area contributed by atoms with Crippen LogP contribution in [0.2, 0.25) is 0 Å². The molecular weight excluding hydrogens is 246 g/mol. The molecule has 2 aliphatic rings. The van der Waals surface area contributed by atoms with Gasteiger partial charge in [0.15, 0.2) is 5.79 Å². The normalized spacial score (nSPS) is 29.8.